The van der Waals surface area contributed by atoms with Crippen molar-refractivity contribution in [3.8, 4) is 11.5 Å². The zero-order chi connectivity index (χ0) is 14.8. The van der Waals surface area contributed by atoms with Crippen LogP contribution < -0.4 is 15.4 Å². The standard InChI is InChI=1S/C15H20N2O4/c18-11-6-5-10(15-14(11)17-13(20)8-21-15)12(19)7-16-9-3-1-2-4-9/h5-6,9,12,16,18-19H,1-4,7-8H2,(H,17,20). The molecule has 1 atom stereocenters. The molecule has 0 radical (unpaired) electrons. The first kappa shape index (κ1) is 14.2. The summed E-state index contributed by atoms with van der Waals surface area (Å²) in [5, 5.41) is 26.1. The number of nitrogens with one attached hydrogen (secondary N) is 2. The molecule has 0 bridgehead atoms. The molecule has 0 spiro atoms. The molecule has 3 rings (SSSR count). The van der Waals surface area contributed by atoms with Crippen LogP contribution in [0.1, 0.15) is 37.4 Å². The van der Waals surface area contributed by atoms with Crippen LogP contribution in [-0.2, 0) is 4.79 Å². The van der Waals surface area contributed by atoms with Crippen molar-refractivity contribution in [3.63, 3.8) is 0 Å². The third kappa shape index (κ3) is 2.96. The maximum absolute atomic E-state index is 11.3. The number of phenols is 1. The third-order valence-electron chi connectivity index (χ3n) is 4.09. The Hall–Kier alpha value is -1.79. The van der Waals surface area contributed by atoms with E-state index in [-0.39, 0.29) is 24.0 Å². The van der Waals surface area contributed by atoms with E-state index in [2.05, 4.69) is 10.6 Å². The van der Waals surface area contributed by atoms with Crippen molar-refractivity contribution in [1.29, 1.82) is 0 Å². The summed E-state index contributed by atoms with van der Waals surface area (Å²) in [7, 11) is 0. The Kier molecular flexibility index (Phi) is 3.98. The number of rotatable bonds is 4. The molecule has 2 aliphatic rings. The first-order valence-corrected chi connectivity index (χ1v) is 7.35. The van der Waals surface area contributed by atoms with Crippen molar-refractivity contribution in [2.75, 3.05) is 18.5 Å². The van der Waals surface area contributed by atoms with Crippen LogP contribution in [0.2, 0.25) is 0 Å². The van der Waals surface area contributed by atoms with Crippen LogP contribution >= 0.6 is 0 Å². The molecule has 1 unspecified atom stereocenters. The van der Waals surface area contributed by atoms with Gasteiger partial charge in [-0.3, -0.25) is 4.79 Å². The van der Waals surface area contributed by atoms with Crippen molar-refractivity contribution in [2.45, 2.75) is 37.8 Å². The molecule has 1 aromatic rings. The van der Waals surface area contributed by atoms with Crippen molar-refractivity contribution >= 4 is 11.6 Å². The number of fused-ring (bicyclic) bond motifs is 1. The van der Waals surface area contributed by atoms with E-state index in [9.17, 15) is 15.0 Å². The molecule has 1 aliphatic heterocycles. The highest BCUT2D eigenvalue weighted by atomic mass is 16.5. The second-order valence-electron chi connectivity index (χ2n) is 5.62. The quantitative estimate of drug-likeness (QED) is 0.628. The van der Waals surface area contributed by atoms with Crippen LogP contribution in [0.25, 0.3) is 0 Å². The minimum absolute atomic E-state index is 0.0576. The van der Waals surface area contributed by atoms with Crippen LogP contribution in [0.5, 0.6) is 11.5 Å². The summed E-state index contributed by atoms with van der Waals surface area (Å²) in [5.41, 5.74) is 0.817. The number of amides is 1. The van der Waals surface area contributed by atoms with E-state index < -0.39 is 6.10 Å². The van der Waals surface area contributed by atoms with Gasteiger partial charge in [-0.25, -0.2) is 0 Å². The fourth-order valence-corrected chi connectivity index (χ4v) is 2.96. The zero-order valence-corrected chi connectivity index (χ0v) is 11.8. The van der Waals surface area contributed by atoms with Gasteiger partial charge >= 0.3 is 0 Å². The lowest BCUT2D eigenvalue weighted by Gasteiger charge is -2.24. The number of aromatic hydroxyl groups is 1. The van der Waals surface area contributed by atoms with Gasteiger partial charge in [0.1, 0.15) is 11.4 Å². The van der Waals surface area contributed by atoms with Gasteiger partial charge in [-0.15, -0.1) is 0 Å². The van der Waals surface area contributed by atoms with Crippen LogP contribution in [0.3, 0.4) is 0 Å². The summed E-state index contributed by atoms with van der Waals surface area (Å²) < 4.78 is 5.38. The molecule has 1 heterocycles. The average molecular weight is 292 g/mol. The van der Waals surface area contributed by atoms with Gasteiger partial charge in [0.2, 0.25) is 0 Å². The number of hydrogen-bond donors (Lipinski definition) is 4. The summed E-state index contributed by atoms with van der Waals surface area (Å²) in [4.78, 5) is 11.3. The van der Waals surface area contributed by atoms with Gasteiger partial charge in [-0.2, -0.15) is 0 Å². The number of aliphatic hydroxyl groups is 1. The van der Waals surface area contributed by atoms with Crippen molar-refractivity contribution in [2.24, 2.45) is 0 Å². The molecule has 1 saturated carbocycles. The van der Waals surface area contributed by atoms with Crippen molar-refractivity contribution < 1.29 is 19.7 Å². The number of hydrogen-bond acceptors (Lipinski definition) is 5. The van der Waals surface area contributed by atoms with Crippen LogP contribution in [-0.4, -0.2) is 35.3 Å². The molecular formula is C15H20N2O4. The Morgan fingerprint density at radius 1 is 1.38 bits per heavy atom. The summed E-state index contributed by atoms with van der Waals surface area (Å²) >= 11 is 0. The van der Waals surface area contributed by atoms with Gasteiger partial charge in [-0.1, -0.05) is 12.8 Å². The molecule has 6 heteroatoms. The molecule has 1 aromatic carbocycles. The minimum atomic E-state index is -0.741. The van der Waals surface area contributed by atoms with Gasteiger partial charge in [0, 0.05) is 18.2 Å². The van der Waals surface area contributed by atoms with E-state index in [0.29, 0.717) is 23.9 Å². The fraction of sp³-hybridized carbons (Fsp3) is 0.533. The Balaban J connectivity index is 1.75. The van der Waals surface area contributed by atoms with E-state index in [0.717, 1.165) is 12.8 Å². The highest BCUT2D eigenvalue weighted by molar-refractivity contribution is 5.97. The second kappa shape index (κ2) is 5.91. The van der Waals surface area contributed by atoms with Crippen molar-refractivity contribution in [3.05, 3.63) is 17.7 Å². The van der Waals surface area contributed by atoms with Gasteiger partial charge in [0.25, 0.3) is 5.91 Å². The predicted molar refractivity (Wildman–Crippen MR) is 77.5 cm³/mol. The monoisotopic (exact) mass is 292 g/mol. The smallest absolute Gasteiger partial charge is 0.262 e. The Bertz CT molecular complexity index is 541. The SMILES string of the molecule is O=C1COc2c(C(O)CNC3CCCC3)ccc(O)c2N1. The zero-order valence-electron chi connectivity index (χ0n) is 11.8. The first-order valence-electron chi connectivity index (χ1n) is 7.35. The van der Waals surface area contributed by atoms with E-state index in [1.165, 1.54) is 18.9 Å². The van der Waals surface area contributed by atoms with E-state index in [1.807, 2.05) is 0 Å². The largest absolute Gasteiger partial charge is 0.506 e. The van der Waals surface area contributed by atoms with Crippen LogP contribution in [0, 0.1) is 0 Å². The Morgan fingerprint density at radius 3 is 2.90 bits per heavy atom. The number of carbonyl (C=O) groups excluding carboxylic acids is 1. The third-order valence-corrected chi connectivity index (χ3v) is 4.09. The molecule has 4 N–H and O–H groups in total. The van der Waals surface area contributed by atoms with E-state index in [4.69, 9.17) is 4.74 Å². The fourth-order valence-electron chi connectivity index (χ4n) is 2.96. The average Bonchev–Trinajstić information content (AvgIpc) is 2.99. The Labute approximate surface area is 123 Å². The number of phenolic OH excluding ortho intramolecular Hbond substituents is 1. The number of anilines is 1. The van der Waals surface area contributed by atoms with E-state index >= 15 is 0 Å². The summed E-state index contributed by atoms with van der Waals surface area (Å²) in [6, 6.07) is 3.56. The highest BCUT2D eigenvalue weighted by Gasteiger charge is 2.26. The number of benzene rings is 1. The predicted octanol–water partition coefficient (Wildman–Crippen LogP) is 1.29. The molecule has 0 saturated heterocycles. The van der Waals surface area contributed by atoms with Gasteiger partial charge < -0.3 is 25.6 Å². The van der Waals surface area contributed by atoms with E-state index in [1.54, 1.807) is 6.07 Å². The summed E-state index contributed by atoms with van der Waals surface area (Å²) in [5.74, 6) is -0.0124. The minimum Gasteiger partial charge on any atom is -0.506 e. The normalized spacial score (nSPS) is 19.8. The molecule has 0 aromatic heterocycles. The lowest BCUT2D eigenvalue weighted by molar-refractivity contribution is -0.118. The molecular weight excluding hydrogens is 272 g/mol. The maximum Gasteiger partial charge on any atom is 0.262 e. The van der Waals surface area contributed by atoms with Crippen molar-refractivity contribution in [1.82, 2.24) is 5.32 Å². The molecule has 21 heavy (non-hydrogen) atoms. The molecule has 114 valence electrons. The maximum atomic E-state index is 11.3. The highest BCUT2D eigenvalue weighted by Crippen LogP contribution is 2.41. The van der Waals surface area contributed by atoms with Gasteiger partial charge in [0.15, 0.2) is 12.4 Å². The molecule has 1 amide bonds. The summed E-state index contributed by atoms with van der Waals surface area (Å²) in [6.07, 6.45) is 4.02. The first-order chi connectivity index (χ1) is 10.1. The number of carbonyl (C=O) groups is 1. The molecule has 6 nitrogen and oxygen atoms in total. The Morgan fingerprint density at radius 2 is 2.14 bits per heavy atom. The second-order valence-corrected chi connectivity index (χ2v) is 5.62. The number of aliphatic hydroxyl groups excluding tert-OH is 1. The van der Waals surface area contributed by atoms with Gasteiger partial charge in [-0.05, 0) is 25.0 Å². The molecule has 1 fully saturated rings. The topological polar surface area (TPSA) is 90.8 Å². The van der Waals surface area contributed by atoms with Crippen LogP contribution in [0.15, 0.2) is 12.1 Å². The van der Waals surface area contributed by atoms with Gasteiger partial charge in [0.05, 0.1) is 6.10 Å². The lowest BCUT2D eigenvalue weighted by Crippen LogP contribution is -2.31. The molecule has 1 aliphatic carbocycles. The lowest BCUT2D eigenvalue weighted by atomic mass is 10.0. The van der Waals surface area contributed by atoms with Crippen LogP contribution in [0.4, 0.5) is 5.69 Å². The number of ether oxygens (including phenoxy) is 1. The summed E-state index contributed by atoms with van der Waals surface area (Å²) in [6.45, 7) is 0.325.